The number of aryl methyl sites for hydroxylation is 1. The molecule has 28 heavy (non-hydrogen) atoms. The molecule has 1 aliphatic heterocycles. The second-order valence-electron chi connectivity index (χ2n) is 7.43. The van der Waals surface area contributed by atoms with Gasteiger partial charge >= 0.3 is 0 Å². The maximum absolute atomic E-state index is 4.60. The Morgan fingerprint density at radius 2 is 1.79 bits per heavy atom. The van der Waals surface area contributed by atoms with E-state index in [9.17, 15) is 0 Å². The van der Waals surface area contributed by atoms with Crippen molar-refractivity contribution in [3.63, 3.8) is 0 Å². The van der Waals surface area contributed by atoms with Gasteiger partial charge < -0.3 is 9.80 Å². The lowest BCUT2D eigenvalue weighted by Gasteiger charge is -2.33. The molecule has 7 nitrogen and oxygen atoms in total. The van der Waals surface area contributed by atoms with Crippen molar-refractivity contribution in [1.29, 1.82) is 0 Å². The van der Waals surface area contributed by atoms with E-state index in [1.54, 1.807) is 0 Å². The van der Waals surface area contributed by atoms with Gasteiger partial charge in [0, 0.05) is 62.1 Å². The number of H-pyrrole nitrogens is 1. The van der Waals surface area contributed by atoms with Crippen molar-refractivity contribution < 1.29 is 0 Å². The Morgan fingerprint density at radius 3 is 2.57 bits per heavy atom. The number of aromatic amines is 1. The molecule has 1 N–H and O–H groups in total. The number of fused-ring (bicyclic) bond motifs is 1. The summed E-state index contributed by atoms with van der Waals surface area (Å²) in [6.07, 6.45) is 5.80. The predicted octanol–water partition coefficient (Wildman–Crippen LogP) is 2.78. The summed E-state index contributed by atoms with van der Waals surface area (Å²) in [4.78, 5) is 9.30. The zero-order valence-electron chi connectivity index (χ0n) is 16.1. The summed E-state index contributed by atoms with van der Waals surface area (Å²) < 4.78 is 1.82. The quantitative estimate of drug-likeness (QED) is 0.598. The summed E-state index contributed by atoms with van der Waals surface area (Å²) >= 11 is 0. The number of nitrogens with zero attached hydrogens (tertiary/aromatic N) is 6. The average Bonchev–Trinajstić information content (AvgIpc) is 3.34. The Hall–Kier alpha value is -3.19. The Kier molecular flexibility index (Phi) is 4.09. The lowest BCUT2D eigenvalue weighted by atomic mass is 10.0. The molecule has 1 aromatic carbocycles. The first-order valence-electron chi connectivity index (χ1n) is 9.54. The molecular weight excluding hydrogens is 350 g/mol. The van der Waals surface area contributed by atoms with Crippen LogP contribution in [-0.4, -0.2) is 63.1 Å². The van der Waals surface area contributed by atoms with E-state index in [4.69, 9.17) is 0 Å². The van der Waals surface area contributed by atoms with Crippen LogP contribution in [0.5, 0.6) is 0 Å². The SMILES string of the molecule is CN1CCN(c2cc(-c3n[nH]c4ccc(-c5cnn(C)c5)cc34)ccn2)CC1. The summed E-state index contributed by atoms with van der Waals surface area (Å²) in [5.74, 6) is 1.02. The van der Waals surface area contributed by atoms with Crippen LogP contribution in [0.3, 0.4) is 0 Å². The molecule has 0 atom stereocenters. The van der Waals surface area contributed by atoms with Gasteiger partial charge in [0.1, 0.15) is 11.5 Å². The predicted molar refractivity (Wildman–Crippen MR) is 111 cm³/mol. The molecule has 3 aromatic heterocycles. The van der Waals surface area contributed by atoms with Gasteiger partial charge in [-0.25, -0.2) is 4.98 Å². The van der Waals surface area contributed by atoms with E-state index in [0.29, 0.717) is 0 Å². The Labute approximate surface area is 163 Å². The van der Waals surface area contributed by atoms with Crippen molar-refractivity contribution in [2.75, 3.05) is 38.1 Å². The molecule has 0 amide bonds. The van der Waals surface area contributed by atoms with Gasteiger partial charge in [-0.3, -0.25) is 9.78 Å². The molecule has 0 unspecified atom stereocenters. The van der Waals surface area contributed by atoms with Crippen LogP contribution in [0.15, 0.2) is 48.9 Å². The standard InChI is InChI=1S/C21H23N7/c1-26-7-9-28(10-8-26)20-12-16(5-6-22-20)21-18-11-15(3-4-19(18)24-25-21)17-13-23-27(2)14-17/h3-6,11-14H,7-10H2,1-2H3,(H,24,25). The van der Waals surface area contributed by atoms with Gasteiger partial charge in [-0.05, 0) is 36.9 Å². The second-order valence-corrected chi connectivity index (χ2v) is 7.43. The largest absolute Gasteiger partial charge is 0.354 e. The third kappa shape index (κ3) is 3.03. The Morgan fingerprint density at radius 1 is 0.929 bits per heavy atom. The highest BCUT2D eigenvalue weighted by atomic mass is 15.3. The molecule has 1 aliphatic rings. The lowest BCUT2D eigenvalue weighted by molar-refractivity contribution is 0.312. The summed E-state index contributed by atoms with van der Waals surface area (Å²) in [7, 11) is 4.10. The zero-order valence-corrected chi connectivity index (χ0v) is 16.1. The van der Waals surface area contributed by atoms with Gasteiger partial charge in [0.2, 0.25) is 0 Å². The summed E-state index contributed by atoms with van der Waals surface area (Å²) in [5, 5.41) is 13.2. The zero-order chi connectivity index (χ0) is 19.1. The summed E-state index contributed by atoms with van der Waals surface area (Å²) in [6, 6.07) is 10.5. The topological polar surface area (TPSA) is 65.9 Å². The number of pyridine rings is 1. The molecule has 0 bridgehead atoms. The van der Waals surface area contributed by atoms with Crippen molar-refractivity contribution in [1.82, 2.24) is 29.9 Å². The van der Waals surface area contributed by atoms with Crippen LogP contribution in [0.25, 0.3) is 33.3 Å². The summed E-state index contributed by atoms with van der Waals surface area (Å²) in [6.45, 7) is 4.12. The fourth-order valence-corrected chi connectivity index (χ4v) is 3.76. The van der Waals surface area contributed by atoms with Crippen LogP contribution in [0.2, 0.25) is 0 Å². The smallest absolute Gasteiger partial charge is 0.129 e. The van der Waals surface area contributed by atoms with E-state index in [1.807, 2.05) is 36.4 Å². The molecule has 7 heteroatoms. The minimum absolute atomic E-state index is 0.957. The number of hydrogen-bond donors (Lipinski definition) is 1. The van der Waals surface area contributed by atoms with Crippen LogP contribution in [-0.2, 0) is 7.05 Å². The minimum atomic E-state index is 0.957. The first-order chi connectivity index (χ1) is 13.7. The number of hydrogen-bond acceptors (Lipinski definition) is 5. The number of anilines is 1. The van der Waals surface area contributed by atoms with Gasteiger partial charge in [0.15, 0.2) is 0 Å². The van der Waals surface area contributed by atoms with Crippen molar-refractivity contribution in [3.05, 3.63) is 48.9 Å². The molecule has 0 saturated carbocycles. The minimum Gasteiger partial charge on any atom is -0.354 e. The van der Waals surface area contributed by atoms with Crippen molar-refractivity contribution >= 4 is 16.7 Å². The highest BCUT2D eigenvalue weighted by Crippen LogP contribution is 2.31. The third-order valence-corrected chi connectivity index (χ3v) is 5.45. The highest BCUT2D eigenvalue weighted by molar-refractivity contribution is 5.95. The van der Waals surface area contributed by atoms with Crippen molar-refractivity contribution in [3.8, 4) is 22.4 Å². The fourth-order valence-electron chi connectivity index (χ4n) is 3.76. The van der Waals surface area contributed by atoms with Crippen molar-refractivity contribution in [2.24, 2.45) is 7.05 Å². The number of benzene rings is 1. The van der Waals surface area contributed by atoms with Crippen LogP contribution in [0, 0.1) is 0 Å². The fraction of sp³-hybridized carbons (Fsp3) is 0.286. The van der Waals surface area contributed by atoms with E-state index in [2.05, 4.69) is 61.4 Å². The van der Waals surface area contributed by atoms with Gasteiger partial charge in [-0.1, -0.05) is 6.07 Å². The van der Waals surface area contributed by atoms with E-state index < -0.39 is 0 Å². The maximum atomic E-state index is 4.60. The molecule has 1 saturated heterocycles. The van der Waals surface area contributed by atoms with Crippen LogP contribution < -0.4 is 4.90 Å². The number of rotatable bonds is 3. The van der Waals surface area contributed by atoms with Gasteiger partial charge in [-0.2, -0.15) is 10.2 Å². The first-order valence-corrected chi connectivity index (χ1v) is 9.54. The maximum Gasteiger partial charge on any atom is 0.129 e. The summed E-state index contributed by atoms with van der Waals surface area (Å²) in [5.41, 5.74) is 5.30. The molecule has 142 valence electrons. The van der Waals surface area contributed by atoms with E-state index in [0.717, 1.165) is 65.3 Å². The second kappa shape index (κ2) is 6.76. The Bertz CT molecular complexity index is 1120. The lowest BCUT2D eigenvalue weighted by Crippen LogP contribution is -2.44. The highest BCUT2D eigenvalue weighted by Gasteiger charge is 2.17. The number of nitrogens with one attached hydrogen (secondary N) is 1. The van der Waals surface area contributed by atoms with Crippen LogP contribution in [0.1, 0.15) is 0 Å². The molecular formula is C21H23N7. The molecule has 5 rings (SSSR count). The van der Waals surface area contributed by atoms with Crippen LogP contribution in [0.4, 0.5) is 5.82 Å². The van der Waals surface area contributed by atoms with Gasteiger partial charge in [0.25, 0.3) is 0 Å². The van der Waals surface area contributed by atoms with Crippen LogP contribution >= 0.6 is 0 Å². The first kappa shape index (κ1) is 16.9. The van der Waals surface area contributed by atoms with E-state index in [1.165, 1.54) is 0 Å². The molecule has 0 aliphatic carbocycles. The molecule has 0 spiro atoms. The molecule has 1 fully saturated rings. The van der Waals surface area contributed by atoms with Gasteiger partial charge in [0.05, 0.1) is 11.7 Å². The monoisotopic (exact) mass is 373 g/mol. The number of piperazine rings is 1. The van der Waals surface area contributed by atoms with E-state index >= 15 is 0 Å². The third-order valence-electron chi connectivity index (χ3n) is 5.45. The van der Waals surface area contributed by atoms with E-state index in [-0.39, 0.29) is 0 Å². The number of aromatic nitrogens is 5. The molecule has 4 heterocycles. The number of likely N-dealkylation sites (N-methyl/N-ethyl adjacent to an activating group) is 1. The van der Waals surface area contributed by atoms with Gasteiger partial charge in [-0.15, -0.1) is 0 Å². The Balaban J connectivity index is 1.53. The molecule has 0 radical (unpaired) electrons. The molecule has 4 aromatic rings. The van der Waals surface area contributed by atoms with Crippen molar-refractivity contribution in [2.45, 2.75) is 0 Å². The average molecular weight is 373 g/mol. The normalized spacial score (nSPS) is 15.4.